The summed E-state index contributed by atoms with van der Waals surface area (Å²) >= 11 is 0. The largest absolute Gasteiger partial charge is 0.399 e. The van der Waals surface area contributed by atoms with Crippen molar-refractivity contribution < 1.29 is 4.79 Å². The van der Waals surface area contributed by atoms with E-state index in [-0.39, 0.29) is 6.03 Å². The summed E-state index contributed by atoms with van der Waals surface area (Å²) in [6.45, 7) is 2.01. The molecule has 0 fully saturated rings. The summed E-state index contributed by atoms with van der Waals surface area (Å²) in [5.41, 5.74) is 9.85. The minimum absolute atomic E-state index is 0.227. The molecule has 0 aromatic heterocycles. The Hall–Kier alpha value is -3.27. The molecule has 120 valence electrons. The molecular formula is C20H19N3O. The first-order valence-electron chi connectivity index (χ1n) is 7.72. The molecular weight excluding hydrogens is 298 g/mol. The molecule has 3 aromatic rings. The number of benzene rings is 3. The fourth-order valence-corrected chi connectivity index (χ4v) is 2.40. The second-order valence-electron chi connectivity index (χ2n) is 5.56. The van der Waals surface area contributed by atoms with Gasteiger partial charge < -0.3 is 11.1 Å². The van der Waals surface area contributed by atoms with Crippen molar-refractivity contribution in [2.45, 2.75) is 6.92 Å². The number of urea groups is 1. The average Bonchev–Trinajstić information content (AvgIpc) is 2.60. The van der Waals surface area contributed by atoms with Crippen molar-refractivity contribution >= 4 is 28.8 Å². The van der Waals surface area contributed by atoms with Crippen LogP contribution in [0, 0.1) is 6.92 Å². The Morgan fingerprint density at radius 1 is 0.833 bits per heavy atom. The molecule has 3 aromatic carbocycles. The van der Waals surface area contributed by atoms with Gasteiger partial charge in [0.2, 0.25) is 0 Å². The second-order valence-corrected chi connectivity index (χ2v) is 5.56. The fraction of sp³-hybridized carbons (Fsp3) is 0.0500. The van der Waals surface area contributed by atoms with E-state index in [4.69, 9.17) is 5.73 Å². The predicted octanol–water partition coefficient (Wildman–Crippen LogP) is 4.95. The molecule has 0 aliphatic heterocycles. The molecule has 3 N–H and O–H groups in total. The molecule has 0 bridgehead atoms. The Morgan fingerprint density at radius 3 is 2.04 bits per heavy atom. The highest BCUT2D eigenvalue weighted by Crippen LogP contribution is 2.27. The van der Waals surface area contributed by atoms with Gasteiger partial charge in [-0.3, -0.25) is 4.90 Å². The topological polar surface area (TPSA) is 58.4 Å². The smallest absolute Gasteiger partial charge is 0.330 e. The van der Waals surface area contributed by atoms with E-state index in [1.54, 1.807) is 17.0 Å². The summed E-state index contributed by atoms with van der Waals surface area (Å²) in [5, 5.41) is 2.94. The van der Waals surface area contributed by atoms with Gasteiger partial charge in [0.05, 0.1) is 11.4 Å². The number of nitrogens with two attached hydrogens (primary N) is 1. The molecule has 0 spiro atoms. The van der Waals surface area contributed by atoms with Gasteiger partial charge in [0.1, 0.15) is 0 Å². The molecule has 2 amide bonds. The van der Waals surface area contributed by atoms with Crippen LogP contribution in [-0.2, 0) is 0 Å². The highest BCUT2D eigenvalue weighted by atomic mass is 16.2. The van der Waals surface area contributed by atoms with Crippen molar-refractivity contribution in [1.29, 1.82) is 0 Å². The lowest BCUT2D eigenvalue weighted by molar-refractivity contribution is 0.259. The normalized spacial score (nSPS) is 10.2. The third kappa shape index (κ3) is 3.55. The molecule has 4 heteroatoms. The van der Waals surface area contributed by atoms with E-state index in [1.807, 2.05) is 73.7 Å². The number of nitrogens with zero attached hydrogens (tertiary/aromatic N) is 1. The monoisotopic (exact) mass is 317 g/mol. The van der Waals surface area contributed by atoms with Gasteiger partial charge in [0.15, 0.2) is 0 Å². The average molecular weight is 317 g/mol. The number of rotatable bonds is 3. The minimum Gasteiger partial charge on any atom is -0.399 e. The summed E-state index contributed by atoms with van der Waals surface area (Å²) in [4.78, 5) is 14.5. The Bertz CT molecular complexity index is 812. The molecule has 0 aliphatic rings. The summed E-state index contributed by atoms with van der Waals surface area (Å²) < 4.78 is 0. The van der Waals surface area contributed by atoms with Gasteiger partial charge in [-0.1, -0.05) is 35.9 Å². The van der Waals surface area contributed by atoms with Crippen LogP contribution in [0.2, 0.25) is 0 Å². The first kappa shape index (κ1) is 15.6. The number of hydrogen-bond donors (Lipinski definition) is 2. The number of hydrogen-bond acceptors (Lipinski definition) is 2. The van der Waals surface area contributed by atoms with Crippen molar-refractivity contribution in [2.75, 3.05) is 16.0 Å². The third-order valence-corrected chi connectivity index (χ3v) is 3.67. The molecule has 0 saturated heterocycles. The number of carbonyl (C=O) groups is 1. The molecule has 0 heterocycles. The Balaban J connectivity index is 1.93. The zero-order valence-electron chi connectivity index (χ0n) is 13.4. The van der Waals surface area contributed by atoms with Crippen LogP contribution in [0.3, 0.4) is 0 Å². The summed E-state index contributed by atoms with van der Waals surface area (Å²) in [5.74, 6) is 0. The van der Waals surface area contributed by atoms with Gasteiger partial charge in [-0.05, 0) is 55.5 Å². The second kappa shape index (κ2) is 6.87. The standard InChI is InChI=1S/C20H19N3O/c1-15-7-11-17(12-8-15)22-20(24)23(18-5-3-2-4-6-18)19-13-9-16(21)10-14-19/h2-14H,21H2,1H3,(H,22,24). The van der Waals surface area contributed by atoms with Crippen LogP contribution in [0.4, 0.5) is 27.5 Å². The van der Waals surface area contributed by atoms with Crippen LogP contribution in [0.15, 0.2) is 78.9 Å². The molecule has 24 heavy (non-hydrogen) atoms. The number of carbonyl (C=O) groups excluding carboxylic acids is 1. The van der Waals surface area contributed by atoms with Crippen LogP contribution in [0.5, 0.6) is 0 Å². The Labute approximate surface area is 141 Å². The van der Waals surface area contributed by atoms with Crippen LogP contribution in [0.1, 0.15) is 5.56 Å². The highest BCUT2D eigenvalue weighted by Gasteiger charge is 2.18. The quantitative estimate of drug-likeness (QED) is 0.672. The lowest BCUT2D eigenvalue weighted by atomic mass is 10.2. The van der Waals surface area contributed by atoms with Crippen molar-refractivity contribution in [1.82, 2.24) is 0 Å². The summed E-state index contributed by atoms with van der Waals surface area (Å²) in [6, 6.07) is 24.2. The third-order valence-electron chi connectivity index (χ3n) is 3.67. The maximum Gasteiger partial charge on any atom is 0.330 e. The van der Waals surface area contributed by atoms with Crippen molar-refractivity contribution in [3.8, 4) is 0 Å². The molecule has 0 saturated carbocycles. The summed E-state index contributed by atoms with van der Waals surface area (Å²) in [6.07, 6.45) is 0. The van der Waals surface area contributed by atoms with E-state index in [2.05, 4.69) is 5.32 Å². The van der Waals surface area contributed by atoms with Crippen LogP contribution in [-0.4, -0.2) is 6.03 Å². The van der Waals surface area contributed by atoms with Gasteiger partial charge in [-0.15, -0.1) is 0 Å². The molecule has 0 aliphatic carbocycles. The molecule has 0 unspecified atom stereocenters. The Morgan fingerprint density at radius 2 is 1.42 bits per heavy atom. The van der Waals surface area contributed by atoms with Crippen molar-refractivity contribution in [2.24, 2.45) is 0 Å². The fourth-order valence-electron chi connectivity index (χ4n) is 2.40. The number of nitrogen functional groups attached to an aromatic ring is 1. The maximum atomic E-state index is 12.9. The van der Waals surface area contributed by atoms with Crippen molar-refractivity contribution in [3.05, 3.63) is 84.4 Å². The highest BCUT2D eigenvalue weighted by molar-refractivity contribution is 6.07. The molecule has 0 radical (unpaired) electrons. The van der Waals surface area contributed by atoms with E-state index in [0.717, 1.165) is 22.6 Å². The lowest BCUT2D eigenvalue weighted by Gasteiger charge is -2.23. The number of amides is 2. The van der Waals surface area contributed by atoms with E-state index in [0.29, 0.717) is 5.69 Å². The molecule has 4 nitrogen and oxygen atoms in total. The van der Waals surface area contributed by atoms with Gasteiger partial charge >= 0.3 is 6.03 Å². The minimum atomic E-state index is -0.227. The van der Waals surface area contributed by atoms with E-state index >= 15 is 0 Å². The maximum absolute atomic E-state index is 12.9. The molecule has 3 rings (SSSR count). The number of aryl methyl sites for hydroxylation is 1. The van der Waals surface area contributed by atoms with Gasteiger partial charge in [0.25, 0.3) is 0 Å². The number of nitrogens with one attached hydrogen (secondary N) is 1. The van der Waals surface area contributed by atoms with E-state index in [9.17, 15) is 4.79 Å². The Kier molecular flexibility index (Phi) is 4.47. The zero-order valence-corrected chi connectivity index (χ0v) is 13.4. The molecule has 0 atom stereocenters. The van der Waals surface area contributed by atoms with E-state index < -0.39 is 0 Å². The lowest BCUT2D eigenvalue weighted by Crippen LogP contribution is -2.30. The van der Waals surface area contributed by atoms with Crippen LogP contribution < -0.4 is 16.0 Å². The van der Waals surface area contributed by atoms with E-state index in [1.165, 1.54) is 0 Å². The SMILES string of the molecule is Cc1ccc(NC(=O)N(c2ccccc2)c2ccc(N)cc2)cc1. The predicted molar refractivity (Wildman–Crippen MR) is 99.6 cm³/mol. The van der Waals surface area contributed by atoms with Gasteiger partial charge in [-0.25, -0.2) is 4.79 Å². The van der Waals surface area contributed by atoms with Crippen LogP contribution >= 0.6 is 0 Å². The number of para-hydroxylation sites is 1. The van der Waals surface area contributed by atoms with Gasteiger partial charge in [0, 0.05) is 11.4 Å². The van der Waals surface area contributed by atoms with Crippen LogP contribution in [0.25, 0.3) is 0 Å². The van der Waals surface area contributed by atoms with Gasteiger partial charge in [-0.2, -0.15) is 0 Å². The first-order chi connectivity index (χ1) is 11.6. The first-order valence-corrected chi connectivity index (χ1v) is 7.72. The number of anilines is 4. The zero-order chi connectivity index (χ0) is 16.9. The summed E-state index contributed by atoms with van der Waals surface area (Å²) in [7, 11) is 0. The van der Waals surface area contributed by atoms with Crippen molar-refractivity contribution in [3.63, 3.8) is 0 Å².